The molecule has 0 spiro atoms. The Balaban J connectivity index is 2.84. The number of esters is 3. The van der Waals surface area contributed by atoms with E-state index in [1.54, 1.807) is 86.6 Å². The molecule has 0 aliphatic carbocycles. The van der Waals surface area contributed by atoms with Crippen molar-refractivity contribution in [3.63, 3.8) is 0 Å². The smallest absolute Gasteiger partial charge is 0.329 e. The third kappa shape index (κ3) is 17.8. The lowest BCUT2D eigenvalue weighted by atomic mass is 10.1. The number of amides is 3. The van der Waals surface area contributed by atoms with Crippen LogP contribution < -0.4 is 16.0 Å². The molecular weight excluding hydrogens is 596 g/mol. The van der Waals surface area contributed by atoms with Gasteiger partial charge in [-0.25, -0.2) is 14.4 Å². The lowest BCUT2D eigenvalue weighted by Gasteiger charge is -2.27. The molecule has 256 valence electrons. The summed E-state index contributed by atoms with van der Waals surface area (Å²) in [4.78, 5) is 66.4. The van der Waals surface area contributed by atoms with Gasteiger partial charge in [0.15, 0.2) is 0 Å². The first-order chi connectivity index (χ1) is 21.2. The van der Waals surface area contributed by atoms with Crippen LogP contribution in [0.1, 0.15) is 110 Å². The fourth-order valence-corrected chi connectivity index (χ4v) is 3.91. The van der Waals surface area contributed by atoms with Gasteiger partial charge in [0, 0.05) is 23.4 Å². The molecule has 0 radical (unpaired) electrons. The summed E-state index contributed by atoms with van der Waals surface area (Å²) in [6.07, 6.45) is 0.915. The second-order valence-electron chi connectivity index (χ2n) is 13.8. The molecule has 14 nitrogen and oxygen atoms in total. The summed E-state index contributed by atoms with van der Waals surface area (Å²) in [6, 6.07) is 3.63. The summed E-state index contributed by atoms with van der Waals surface area (Å²) in [5.41, 5.74) is 7.28. The number of rotatable bonds is 15. The van der Waals surface area contributed by atoms with Crippen molar-refractivity contribution in [1.82, 2.24) is 16.0 Å². The molecule has 0 unspecified atom stereocenters. The van der Waals surface area contributed by atoms with E-state index in [9.17, 15) is 24.0 Å². The van der Waals surface area contributed by atoms with E-state index in [0.717, 1.165) is 5.56 Å². The minimum absolute atomic E-state index is 0.0788. The largest absolute Gasteiger partial charge is 0.460 e. The fraction of sp³-hybridized carbons (Fsp3) is 0.656. The fourth-order valence-electron chi connectivity index (χ4n) is 3.91. The number of hydrogen-bond donors (Lipinski definition) is 3. The van der Waals surface area contributed by atoms with Crippen molar-refractivity contribution in [3.05, 3.63) is 45.8 Å². The maximum Gasteiger partial charge on any atom is 0.329 e. The van der Waals surface area contributed by atoms with Crippen LogP contribution in [0.5, 0.6) is 0 Å². The first-order valence-corrected chi connectivity index (χ1v) is 15.3. The highest BCUT2D eigenvalue weighted by molar-refractivity contribution is 5.94. The Kier molecular flexibility index (Phi) is 15.5. The van der Waals surface area contributed by atoms with Crippen LogP contribution in [0.3, 0.4) is 0 Å². The summed E-state index contributed by atoms with van der Waals surface area (Å²) in [5.74, 6) is -2.21. The summed E-state index contributed by atoms with van der Waals surface area (Å²) < 4.78 is 16.3. The average molecular weight is 647 g/mol. The number of azide groups is 1. The molecule has 1 aromatic carbocycles. The van der Waals surface area contributed by atoms with Gasteiger partial charge in [0.25, 0.3) is 5.91 Å². The van der Waals surface area contributed by atoms with Gasteiger partial charge in [0.05, 0.1) is 6.54 Å². The molecule has 0 aliphatic rings. The zero-order valence-corrected chi connectivity index (χ0v) is 28.5. The van der Waals surface area contributed by atoms with Gasteiger partial charge in [-0.05, 0) is 111 Å². The van der Waals surface area contributed by atoms with Crippen molar-refractivity contribution in [2.45, 2.75) is 130 Å². The normalized spacial score (nSPS) is 12.9. The number of urea groups is 1. The van der Waals surface area contributed by atoms with E-state index in [1.807, 2.05) is 0 Å². The zero-order valence-electron chi connectivity index (χ0n) is 28.5. The maximum atomic E-state index is 13.1. The van der Waals surface area contributed by atoms with Crippen LogP contribution in [0, 0.1) is 0 Å². The lowest BCUT2D eigenvalue weighted by Crippen LogP contribution is -2.53. The average Bonchev–Trinajstić information content (AvgIpc) is 2.90. The van der Waals surface area contributed by atoms with Crippen molar-refractivity contribution in [2.24, 2.45) is 5.11 Å². The van der Waals surface area contributed by atoms with Gasteiger partial charge in [-0.15, -0.1) is 0 Å². The van der Waals surface area contributed by atoms with Crippen LogP contribution in [-0.2, 0) is 35.1 Å². The minimum atomic E-state index is -1.19. The predicted octanol–water partition coefficient (Wildman–Crippen LogP) is 5.24. The molecule has 3 amide bonds. The van der Waals surface area contributed by atoms with E-state index >= 15 is 0 Å². The number of nitrogens with zero attached hydrogens (tertiary/aromatic N) is 3. The maximum absolute atomic E-state index is 13.1. The van der Waals surface area contributed by atoms with Gasteiger partial charge in [-0.2, -0.15) is 0 Å². The topological polar surface area (TPSA) is 198 Å². The summed E-state index contributed by atoms with van der Waals surface area (Å²) in [5, 5.41) is 11.4. The standard InChI is InChI=1S/C32H50N6O8/c1-30(2,3)44-25(39)18-17-24(28(42)46-32(7,8)9)37-29(43)36-23(27(41)45-31(4,5)6)12-10-11-19-34-26(40)22-15-13-21(14-16-22)20-35-38-33/h13-16,23-24H,10-12,17-20H2,1-9H3,(H,34,40)(H2,36,37,43)/t23-,24-/m0/s1. The zero-order chi connectivity index (χ0) is 35.1. The Bertz CT molecular complexity index is 1240. The van der Waals surface area contributed by atoms with Crippen molar-refractivity contribution in [1.29, 1.82) is 0 Å². The molecule has 0 saturated carbocycles. The van der Waals surface area contributed by atoms with Crippen LogP contribution in [0.15, 0.2) is 29.4 Å². The molecule has 0 bridgehead atoms. The summed E-state index contributed by atoms with van der Waals surface area (Å²) in [7, 11) is 0. The molecule has 2 atom stereocenters. The van der Waals surface area contributed by atoms with Crippen LogP contribution in [0.25, 0.3) is 10.4 Å². The number of carbonyl (C=O) groups is 5. The number of ether oxygens (including phenoxy) is 3. The van der Waals surface area contributed by atoms with E-state index in [1.165, 1.54) is 0 Å². The second kappa shape index (κ2) is 18.0. The molecule has 14 heteroatoms. The van der Waals surface area contributed by atoms with E-state index in [4.69, 9.17) is 19.7 Å². The van der Waals surface area contributed by atoms with Crippen molar-refractivity contribution in [3.8, 4) is 0 Å². The number of hydrogen-bond acceptors (Lipinski definition) is 9. The minimum Gasteiger partial charge on any atom is -0.460 e. The molecule has 3 N–H and O–H groups in total. The number of carbonyl (C=O) groups excluding carboxylic acids is 5. The molecule has 0 fully saturated rings. The van der Waals surface area contributed by atoms with Crippen molar-refractivity contribution >= 4 is 29.8 Å². The van der Waals surface area contributed by atoms with E-state index < -0.39 is 52.8 Å². The molecule has 0 saturated heterocycles. The highest BCUT2D eigenvalue weighted by Crippen LogP contribution is 2.15. The van der Waals surface area contributed by atoms with Gasteiger partial charge in [-0.3, -0.25) is 9.59 Å². The van der Waals surface area contributed by atoms with E-state index in [0.29, 0.717) is 24.9 Å². The third-order valence-corrected chi connectivity index (χ3v) is 5.79. The molecule has 1 aromatic rings. The third-order valence-electron chi connectivity index (χ3n) is 5.79. The molecule has 46 heavy (non-hydrogen) atoms. The number of unbranched alkanes of at least 4 members (excludes halogenated alkanes) is 1. The van der Waals surface area contributed by atoms with E-state index in [-0.39, 0.29) is 31.7 Å². The van der Waals surface area contributed by atoms with E-state index in [2.05, 4.69) is 26.0 Å². The highest BCUT2D eigenvalue weighted by atomic mass is 16.6. The van der Waals surface area contributed by atoms with Gasteiger partial charge < -0.3 is 30.2 Å². The van der Waals surface area contributed by atoms with Gasteiger partial charge in [0.1, 0.15) is 28.9 Å². The Labute approximate surface area is 271 Å². The van der Waals surface area contributed by atoms with Gasteiger partial charge >= 0.3 is 23.9 Å². The van der Waals surface area contributed by atoms with Crippen molar-refractivity contribution in [2.75, 3.05) is 6.54 Å². The lowest BCUT2D eigenvalue weighted by molar-refractivity contribution is -0.159. The molecular formula is C32H50N6O8. The monoisotopic (exact) mass is 646 g/mol. The Morgan fingerprint density at radius 1 is 0.761 bits per heavy atom. The quantitative estimate of drug-likeness (QED) is 0.0574. The number of nitrogens with one attached hydrogen (secondary N) is 3. The SMILES string of the molecule is CC(C)(C)OC(=O)CC[C@H](NC(=O)N[C@@H](CCCCNC(=O)c1ccc(CN=[N+]=[N-])cc1)C(=O)OC(C)(C)C)C(=O)OC(C)(C)C. The van der Waals surface area contributed by atoms with Crippen molar-refractivity contribution < 1.29 is 38.2 Å². The van der Waals surface area contributed by atoms with Crippen LogP contribution >= 0.6 is 0 Å². The van der Waals surface area contributed by atoms with Gasteiger partial charge in [0.2, 0.25) is 0 Å². The summed E-state index contributed by atoms with van der Waals surface area (Å²) in [6.45, 7) is 15.8. The Hall–Kier alpha value is -4.32. The van der Waals surface area contributed by atoms with Crippen LogP contribution in [-0.4, -0.2) is 65.3 Å². The first kappa shape index (κ1) is 39.7. The molecule has 0 heterocycles. The highest BCUT2D eigenvalue weighted by Gasteiger charge is 2.31. The van der Waals surface area contributed by atoms with Crippen LogP contribution in [0.2, 0.25) is 0 Å². The molecule has 0 aliphatic heterocycles. The summed E-state index contributed by atoms with van der Waals surface area (Å²) >= 11 is 0. The van der Waals surface area contributed by atoms with Crippen LogP contribution in [0.4, 0.5) is 4.79 Å². The molecule has 1 rings (SSSR count). The number of benzene rings is 1. The predicted molar refractivity (Wildman–Crippen MR) is 171 cm³/mol. The molecule has 0 aromatic heterocycles. The Morgan fingerprint density at radius 3 is 1.74 bits per heavy atom. The first-order valence-electron chi connectivity index (χ1n) is 15.3. The second-order valence-corrected chi connectivity index (χ2v) is 13.8. The Morgan fingerprint density at radius 2 is 1.26 bits per heavy atom. The van der Waals surface area contributed by atoms with Gasteiger partial charge in [-0.1, -0.05) is 17.2 Å².